The number of nitrogens with zero attached hydrogens (tertiary/aromatic N) is 10. The van der Waals surface area contributed by atoms with E-state index in [1.807, 2.05) is 73.3 Å². The van der Waals surface area contributed by atoms with Crippen LogP contribution < -0.4 is 32.6 Å². The number of amides is 4. The first-order valence-electron chi connectivity index (χ1n) is 40.0. The Balaban J connectivity index is 0.000000272. The monoisotopic (exact) mass is 1560 g/mol. The number of hydrogen-bond donors (Lipinski definition) is 10. The molecule has 0 unspecified atom stereocenters. The first kappa shape index (κ1) is 94.9. The molecular weight excluding hydrogens is 1420 g/mol. The first-order valence-corrected chi connectivity index (χ1v) is 40.0. The SMILES string of the molecule is CC(C)(C)CCN(CCn1c(CC(C)(C)C)nc2cc(/C=C/C(=O)NO)ccc21)CCC(C)(C)C.CC(C)(C)CCNCCn1c(CC(C)(C)C)nc2cc(/C=C/C(=O)NO)ccc21.CC(C)(C)CNCCn1cnc2cc(/C=C/C(=O)NO)ccc21.CCCN(CCn1cnc2cc(/C=C/C(=O)NO)ccc21)CC(C)(C)C. The van der Waals surface area contributed by atoms with Crippen molar-refractivity contribution < 1.29 is 40.0 Å². The molecular formula is C89H138N16O8. The van der Waals surface area contributed by atoms with Gasteiger partial charge in [-0.3, -0.25) is 40.0 Å². The number of aromatic nitrogens is 8. The Labute approximate surface area is 673 Å². The molecule has 0 atom stereocenters. The van der Waals surface area contributed by atoms with Crippen molar-refractivity contribution in [2.24, 2.45) is 37.9 Å². The largest absolute Gasteiger partial charge is 0.329 e. The number of nitrogens with one attached hydrogen (secondary N) is 6. The average Bonchev–Trinajstić information content (AvgIpc) is 1.65. The van der Waals surface area contributed by atoms with Gasteiger partial charge in [-0.05, 0) is 185 Å². The van der Waals surface area contributed by atoms with Crippen molar-refractivity contribution in [1.82, 2.24) is 80.6 Å². The lowest BCUT2D eigenvalue weighted by atomic mass is 9.90. The summed E-state index contributed by atoms with van der Waals surface area (Å²) in [6.45, 7) is 63.4. The van der Waals surface area contributed by atoms with Gasteiger partial charge in [0.05, 0.1) is 56.8 Å². The number of fused-ring (bicyclic) bond motifs is 4. The molecule has 8 rings (SSSR count). The molecule has 0 saturated carbocycles. The van der Waals surface area contributed by atoms with Crippen LogP contribution >= 0.6 is 0 Å². The summed E-state index contributed by atoms with van der Waals surface area (Å²) in [5, 5.41) is 41.4. The van der Waals surface area contributed by atoms with E-state index in [1.54, 1.807) is 46.2 Å². The predicted octanol–water partition coefficient (Wildman–Crippen LogP) is 16.0. The molecule has 0 saturated heterocycles. The van der Waals surface area contributed by atoms with Crippen molar-refractivity contribution in [3.8, 4) is 0 Å². The van der Waals surface area contributed by atoms with Gasteiger partial charge < -0.3 is 38.7 Å². The summed E-state index contributed by atoms with van der Waals surface area (Å²) in [6, 6.07) is 23.8. The third kappa shape index (κ3) is 36.5. The van der Waals surface area contributed by atoms with E-state index in [1.165, 1.54) is 37.1 Å². The van der Waals surface area contributed by atoms with E-state index < -0.39 is 23.6 Å². The lowest BCUT2D eigenvalue weighted by molar-refractivity contribution is -0.124. The number of hydrogen-bond acceptors (Lipinski definition) is 16. The Morgan fingerprint density at radius 2 is 0.743 bits per heavy atom. The van der Waals surface area contributed by atoms with Crippen LogP contribution in [0, 0.1) is 37.9 Å². The molecule has 4 amide bonds. The summed E-state index contributed by atoms with van der Waals surface area (Å²) < 4.78 is 8.97. The highest BCUT2D eigenvalue weighted by Gasteiger charge is 2.24. The van der Waals surface area contributed by atoms with Crippen LogP contribution in [0.4, 0.5) is 0 Å². The van der Waals surface area contributed by atoms with Crippen LogP contribution in [0.3, 0.4) is 0 Å². The van der Waals surface area contributed by atoms with Gasteiger partial charge in [0.2, 0.25) is 0 Å². The van der Waals surface area contributed by atoms with Gasteiger partial charge in [0, 0.05) is 103 Å². The normalized spacial score (nSPS) is 12.7. The van der Waals surface area contributed by atoms with Crippen molar-refractivity contribution in [1.29, 1.82) is 0 Å². The molecule has 0 radical (unpaired) electrons. The van der Waals surface area contributed by atoms with Crippen LogP contribution in [0.2, 0.25) is 0 Å². The lowest BCUT2D eigenvalue weighted by Crippen LogP contribution is -2.35. The number of rotatable bonds is 32. The van der Waals surface area contributed by atoms with Gasteiger partial charge in [0.15, 0.2) is 0 Å². The zero-order valence-electron chi connectivity index (χ0n) is 72.2. The molecule has 0 bridgehead atoms. The van der Waals surface area contributed by atoms with E-state index in [-0.39, 0.29) is 21.7 Å². The summed E-state index contributed by atoms with van der Waals surface area (Å²) in [5.41, 5.74) is 19.7. The standard InChI is InChI=1S/C29H48N4O2.C23H36N4O2.C20H30N4O2.C17H24N4O2/c1-27(2,3)14-16-32(17-15-28(4,5)6)18-19-33-24-12-10-22(11-13-26(34)31-35)20-23(24)30-25(33)21-29(7,8)9;1-22(2,3)11-12-24-13-14-27-19-9-7-17(8-10-21(28)26-29)15-18(19)25-20(27)16-23(4,5)6;1-5-10-23(14-20(2,3)4)11-12-24-15-21-17-13-16(6-8-18(17)24)7-9-19(25)22-26;1-17(2,3)11-18-8-9-21-12-19-14-10-13(4-6-15(14)21)5-7-16(22)20-23/h10-13,20,35H,14-19,21H2,1-9H3,(H,31,34);7-10,15,24,29H,11-14,16H2,1-6H3,(H,26,28);6-9,13,15,26H,5,10-12,14H2,1-4H3,(H,22,25);4-7,10,12,18,23H,8-9,11H2,1-3H3,(H,20,22)/b13-11+;10-8+;9-7+;7-5+. The molecule has 0 aliphatic carbocycles. The first-order chi connectivity index (χ1) is 52.7. The molecule has 113 heavy (non-hydrogen) atoms. The highest BCUT2D eigenvalue weighted by Crippen LogP contribution is 2.30. The molecule has 4 heterocycles. The van der Waals surface area contributed by atoms with E-state index in [2.05, 4.69) is 213 Å². The summed E-state index contributed by atoms with van der Waals surface area (Å²) in [7, 11) is 0. The van der Waals surface area contributed by atoms with Gasteiger partial charge >= 0.3 is 0 Å². The fraction of sp³-hybridized carbons (Fsp3) is 0.551. The molecule has 24 heteroatoms. The Kier molecular flexibility index (Phi) is 36.7. The summed E-state index contributed by atoms with van der Waals surface area (Å²) in [4.78, 5) is 68.6. The van der Waals surface area contributed by atoms with Crippen molar-refractivity contribution in [3.05, 3.63) is 144 Å². The number of hydroxylamine groups is 4. The average molecular weight is 1560 g/mol. The molecule has 0 spiro atoms. The van der Waals surface area contributed by atoms with E-state index in [9.17, 15) is 19.2 Å². The van der Waals surface area contributed by atoms with Crippen LogP contribution in [-0.4, -0.2) is 158 Å². The Bertz CT molecular complexity index is 4410. The highest BCUT2D eigenvalue weighted by atomic mass is 16.5. The predicted molar refractivity (Wildman–Crippen MR) is 461 cm³/mol. The molecule has 622 valence electrons. The van der Waals surface area contributed by atoms with E-state index >= 15 is 0 Å². The van der Waals surface area contributed by atoms with Gasteiger partial charge in [-0.25, -0.2) is 41.9 Å². The molecule has 0 aliphatic heterocycles. The minimum absolute atomic E-state index is 0.124. The van der Waals surface area contributed by atoms with E-state index in [0.29, 0.717) is 16.2 Å². The lowest BCUT2D eigenvalue weighted by Gasteiger charge is -2.30. The quantitative estimate of drug-likeness (QED) is 0.00811. The molecule has 0 fully saturated rings. The second kappa shape index (κ2) is 43.7. The molecule has 8 aromatic rings. The summed E-state index contributed by atoms with van der Waals surface area (Å²) in [5.74, 6) is -0.0150. The maximum atomic E-state index is 11.4. The van der Waals surface area contributed by atoms with Gasteiger partial charge in [-0.15, -0.1) is 0 Å². The second-order valence-corrected chi connectivity index (χ2v) is 38.0. The topological polar surface area (TPSA) is 299 Å². The van der Waals surface area contributed by atoms with Crippen LogP contribution in [0.15, 0.2) is 110 Å². The fourth-order valence-corrected chi connectivity index (χ4v) is 12.4. The molecule has 10 N–H and O–H groups in total. The van der Waals surface area contributed by atoms with Crippen LogP contribution in [0.25, 0.3) is 68.4 Å². The summed E-state index contributed by atoms with van der Waals surface area (Å²) >= 11 is 0. The number of carbonyl (C=O) groups is 4. The molecule has 4 aromatic heterocycles. The Hall–Kier alpha value is -8.72. The maximum Gasteiger partial charge on any atom is 0.267 e. The third-order valence-corrected chi connectivity index (χ3v) is 18.2. The number of carbonyl (C=O) groups excluding carboxylic acids is 4. The van der Waals surface area contributed by atoms with Crippen molar-refractivity contribution in [2.75, 3.05) is 65.4 Å². The maximum absolute atomic E-state index is 11.4. The van der Waals surface area contributed by atoms with Crippen molar-refractivity contribution in [2.45, 2.75) is 217 Å². The van der Waals surface area contributed by atoms with Crippen LogP contribution in [-0.2, 0) is 58.2 Å². The van der Waals surface area contributed by atoms with Crippen molar-refractivity contribution in [3.63, 3.8) is 0 Å². The van der Waals surface area contributed by atoms with Crippen LogP contribution in [0.5, 0.6) is 0 Å². The Morgan fingerprint density at radius 3 is 1.11 bits per heavy atom. The van der Waals surface area contributed by atoms with Crippen molar-refractivity contribution >= 4 is 92.1 Å². The second-order valence-electron chi connectivity index (χ2n) is 38.0. The Morgan fingerprint density at radius 1 is 0.381 bits per heavy atom. The summed E-state index contributed by atoms with van der Waals surface area (Å²) in [6.07, 6.45) is 21.9. The van der Waals surface area contributed by atoms with Gasteiger partial charge in [-0.1, -0.05) is 177 Å². The zero-order valence-corrected chi connectivity index (χ0v) is 72.2. The van der Waals surface area contributed by atoms with E-state index in [0.717, 1.165) is 195 Å². The minimum atomic E-state index is -0.555. The highest BCUT2D eigenvalue weighted by molar-refractivity contribution is 5.94. The molecule has 4 aromatic carbocycles. The molecule has 24 nitrogen and oxygen atoms in total. The van der Waals surface area contributed by atoms with E-state index in [4.69, 9.17) is 30.8 Å². The van der Waals surface area contributed by atoms with Gasteiger partial charge in [0.1, 0.15) is 11.6 Å². The smallest absolute Gasteiger partial charge is 0.267 e. The molecule has 0 aliphatic rings. The van der Waals surface area contributed by atoms with Gasteiger partial charge in [0.25, 0.3) is 23.6 Å². The minimum Gasteiger partial charge on any atom is -0.329 e. The van der Waals surface area contributed by atoms with Gasteiger partial charge in [-0.2, -0.15) is 0 Å². The number of imidazole rings is 4. The fourth-order valence-electron chi connectivity index (χ4n) is 12.4. The zero-order chi connectivity index (χ0) is 84.1. The number of benzene rings is 4. The van der Waals surface area contributed by atoms with Crippen LogP contribution in [0.1, 0.15) is 212 Å². The third-order valence-electron chi connectivity index (χ3n) is 18.2.